The average molecular weight is 495 g/mol. The van der Waals surface area contributed by atoms with E-state index in [1.165, 1.54) is 0 Å². The van der Waals surface area contributed by atoms with Crippen molar-refractivity contribution in [3.63, 3.8) is 0 Å². The third kappa shape index (κ3) is 9.82. The van der Waals surface area contributed by atoms with Crippen LogP contribution in [-0.2, 0) is 26.6 Å². The van der Waals surface area contributed by atoms with E-state index in [2.05, 4.69) is 83.1 Å². The van der Waals surface area contributed by atoms with Gasteiger partial charge in [-0.1, -0.05) is 41.5 Å². The molecule has 0 spiro atoms. The second-order valence-corrected chi connectivity index (χ2v) is 16.4. The Morgan fingerprint density at radius 2 is 0.469 bits per heavy atom. The van der Waals surface area contributed by atoms with Crippen LogP contribution in [0.2, 0.25) is 0 Å². The topological polar surface area (TPSA) is 55.4 Å². The van der Waals surface area contributed by atoms with Crippen molar-refractivity contribution >= 4 is 16.6 Å². The van der Waals surface area contributed by atoms with Crippen molar-refractivity contribution in [1.82, 2.24) is 0 Å². The first kappa shape index (κ1) is 32.2. The number of hydrogen-bond donors (Lipinski definition) is 0. The lowest BCUT2D eigenvalue weighted by molar-refractivity contribution is -0.0547. The molecular weight excluding hydrogens is 440 g/mol. The normalized spacial score (nSPS) is 21.8. The SMILES string of the molecule is CCC(C)O[Si](OC(C)CC)(OC(C)CC)[Si](OC(C)CC)(OC(C)CC)OC(C)CC. The molecule has 32 heavy (non-hydrogen) atoms. The fraction of sp³-hybridized carbons (Fsp3) is 1.00. The first-order chi connectivity index (χ1) is 15.0. The van der Waals surface area contributed by atoms with Gasteiger partial charge in [-0.05, 0) is 80.1 Å². The Morgan fingerprint density at radius 1 is 0.344 bits per heavy atom. The highest BCUT2D eigenvalue weighted by Crippen LogP contribution is 2.36. The standard InChI is InChI=1S/C24H54O6Si2/c1-13-19(7)25-31(26-20(8)14-2,27-21(9)15-3)32(28-22(10)16-4,29-23(11)17-5)30-24(12)18-6/h19-24H,13-18H2,1-12H3. The highest BCUT2D eigenvalue weighted by molar-refractivity contribution is 7.26. The zero-order valence-corrected chi connectivity index (χ0v) is 25.2. The second-order valence-electron chi connectivity index (χ2n) is 9.13. The quantitative estimate of drug-likeness (QED) is 0.183. The van der Waals surface area contributed by atoms with E-state index < -0.39 is 16.6 Å². The van der Waals surface area contributed by atoms with E-state index in [1.807, 2.05) is 0 Å². The minimum absolute atomic E-state index is 0.0664. The van der Waals surface area contributed by atoms with Gasteiger partial charge >= 0.3 is 16.6 Å². The third-order valence-corrected chi connectivity index (χ3v) is 15.4. The van der Waals surface area contributed by atoms with Crippen molar-refractivity contribution in [3.8, 4) is 0 Å². The fourth-order valence-electron chi connectivity index (χ4n) is 2.69. The van der Waals surface area contributed by atoms with Crippen LogP contribution in [0.5, 0.6) is 0 Å². The molecule has 0 N–H and O–H groups in total. The monoisotopic (exact) mass is 494 g/mol. The Hall–Kier alpha value is 0.194. The van der Waals surface area contributed by atoms with Gasteiger partial charge in [-0.15, -0.1) is 0 Å². The van der Waals surface area contributed by atoms with E-state index in [4.69, 9.17) is 26.6 Å². The maximum Gasteiger partial charge on any atom is 0.578 e. The summed E-state index contributed by atoms with van der Waals surface area (Å²) in [5.41, 5.74) is 0. The zero-order chi connectivity index (χ0) is 24.9. The molecule has 194 valence electrons. The molecule has 6 unspecified atom stereocenters. The van der Waals surface area contributed by atoms with Gasteiger partial charge in [0, 0.05) is 36.6 Å². The molecule has 0 aliphatic heterocycles. The van der Waals surface area contributed by atoms with Crippen LogP contribution in [0.15, 0.2) is 0 Å². The van der Waals surface area contributed by atoms with Gasteiger partial charge in [0.25, 0.3) is 0 Å². The average Bonchev–Trinajstić information content (AvgIpc) is 2.77. The highest BCUT2D eigenvalue weighted by Gasteiger charge is 2.75. The molecule has 0 saturated heterocycles. The summed E-state index contributed by atoms with van der Waals surface area (Å²) < 4.78 is 40.9. The molecule has 0 amide bonds. The highest BCUT2D eigenvalue weighted by atomic mass is 29.3. The molecule has 0 aromatic carbocycles. The van der Waals surface area contributed by atoms with Crippen LogP contribution in [0.1, 0.15) is 122 Å². The van der Waals surface area contributed by atoms with E-state index in [-0.39, 0.29) is 36.6 Å². The van der Waals surface area contributed by atoms with Crippen LogP contribution < -0.4 is 0 Å². The summed E-state index contributed by atoms with van der Waals surface area (Å²) in [5.74, 6) is 0. The summed E-state index contributed by atoms with van der Waals surface area (Å²) >= 11 is 0. The summed E-state index contributed by atoms with van der Waals surface area (Å²) in [6.45, 7) is 25.1. The summed E-state index contributed by atoms with van der Waals surface area (Å²) in [5, 5.41) is 0. The lowest BCUT2D eigenvalue weighted by Gasteiger charge is -2.46. The summed E-state index contributed by atoms with van der Waals surface area (Å²) in [4.78, 5) is 0. The maximum atomic E-state index is 6.82. The molecule has 0 rings (SSSR count). The molecule has 0 bridgehead atoms. The maximum absolute atomic E-state index is 6.82. The smallest absolute Gasteiger partial charge is 0.368 e. The molecule has 6 atom stereocenters. The van der Waals surface area contributed by atoms with Crippen molar-refractivity contribution in [2.45, 2.75) is 158 Å². The second kappa shape index (κ2) is 16.0. The molecule has 0 heterocycles. The van der Waals surface area contributed by atoms with E-state index >= 15 is 0 Å². The van der Waals surface area contributed by atoms with Gasteiger partial charge in [-0.2, -0.15) is 0 Å². The Labute approximate surface area is 201 Å². The molecule has 0 aromatic heterocycles. The van der Waals surface area contributed by atoms with Crippen LogP contribution >= 0.6 is 0 Å². The lowest BCUT2D eigenvalue weighted by atomic mass is 10.3. The Morgan fingerprint density at radius 3 is 0.562 bits per heavy atom. The van der Waals surface area contributed by atoms with Crippen molar-refractivity contribution in [3.05, 3.63) is 0 Å². The van der Waals surface area contributed by atoms with Crippen LogP contribution in [0.3, 0.4) is 0 Å². The van der Waals surface area contributed by atoms with E-state index in [1.54, 1.807) is 0 Å². The van der Waals surface area contributed by atoms with E-state index in [0.29, 0.717) is 0 Å². The van der Waals surface area contributed by atoms with Gasteiger partial charge in [0.1, 0.15) is 0 Å². The van der Waals surface area contributed by atoms with Crippen LogP contribution in [0.25, 0.3) is 0 Å². The third-order valence-electron chi connectivity index (χ3n) is 5.96. The Kier molecular flexibility index (Phi) is 16.1. The predicted octanol–water partition coefficient (Wildman–Crippen LogP) is 6.83. The zero-order valence-electron chi connectivity index (χ0n) is 23.2. The minimum atomic E-state index is -3.59. The first-order valence-corrected chi connectivity index (χ1v) is 17.5. The minimum Gasteiger partial charge on any atom is -0.368 e. The van der Waals surface area contributed by atoms with Crippen molar-refractivity contribution in [1.29, 1.82) is 0 Å². The fourth-order valence-corrected chi connectivity index (χ4v) is 14.3. The first-order valence-electron chi connectivity index (χ1n) is 13.0. The van der Waals surface area contributed by atoms with Crippen LogP contribution in [0, 0.1) is 0 Å². The van der Waals surface area contributed by atoms with Gasteiger partial charge in [0.15, 0.2) is 0 Å². The van der Waals surface area contributed by atoms with Gasteiger partial charge in [0.05, 0.1) is 0 Å². The van der Waals surface area contributed by atoms with Crippen LogP contribution in [0.4, 0.5) is 0 Å². The van der Waals surface area contributed by atoms with E-state index in [0.717, 1.165) is 38.5 Å². The van der Waals surface area contributed by atoms with Gasteiger partial charge in [-0.3, -0.25) is 0 Å². The Bertz CT molecular complexity index is 377. The Balaban J connectivity index is 7.01. The number of hydrogen-bond acceptors (Lipinski definition) is 6. The molecule has 0 fully saturated rings. The largest absolute Gasteiger partial charge is 0.578 e. The molecule has 0 aliphatic rings. The molecule has 0 radical (unpaired) electrons. The summed E-state index contributed by atoms with van der Waals surface area (Å²) in [6, 6.07) is 0. The molecule has 8 heteroatoms. The summed E-state index contributed by atoms with van der Waals surface area (Å²) in [6.07, 6.45) is 4.62. The molecule has 0 aliphatic carbocycles. The molecule has 6 nitrogen and oxygen atoms in total. The van der Waals surface area contributed by atoms with Gasteiger partial charge in [-0.25, -0.2) is 0 Å². The van der Waals surface area contributed by atoms with E-state index in [9.17, 15) is 0 Å². The van der Waals surface area contributed by atoms with Crippen molar-refractivity contribution in [2.75, 3.05) is 0 Å². The van der Waals surface area contributed by atoms with Gasteiger partial charge in [0.2, 0.25) is 0 Å². The van der Waals surface area contributed by atoms with Crippen molar-refractivity contribution in [2.24, 2.45) is 0 Å². The molecule has 0 aromatic rings. The number of rotatable bonds is 19. The van der Waals surface area contributed by atoms with Gasteiger partial charge < -0.3 is 26.6 Å². The van der Waals surface area contributed by atoms with Crippen molar-refractivity contribution < 1.29 is 26.6 Å². The molecular formula is C24H54O6Si2. The summed E-state index contributed by atoms with van der Waals surface area (Å²) in [7, 11) is -7.18. The van der Waals surface area contributed by atoms with Crippen LogP contribution in [-0.4, -0.2) is 53.3 Å². The lowest BCUT2D eigenvalue weighted by Crippen LogP contribution is -2.77. The predicted molar refractivity (Wildman–Crippen MR) is 137 cm³/mol. The molecule has 0 saturated carbocycles.